The fourth-order valence-corrected chi connectivity index (χ4v) is 5.13. The lowest BCUT2D eigenvalue weighted by Crippen LogP contribution is -2.29. The zero-order valence-corrected chi connectivity index (χ0v) is 29.0. The number of phosphoric ester groups is 1. The normalized spacial score (nSPS) is 12.7. The molecule has 258 valence electrons. The van der Waals surface area contributed by atoms with Gasteiger partial charge < -0.3 is 19.3 Å². The molecule has 0 saturated carbocycles. The highest BCUT2D eigenvalue weighted by Crippen LogP contribution is 2.36. The van der Waals surface area contributed by atoms with Crippen molar-refractivity contribution in [3.63, 3.8) is 0 Å². The molecular formula is C35H65O8P. The van der Waals surface area contributed by atoms with Crippen LogP contribution in [0.1, 0.15) is 168 Å². The Balaban J connectivity index is 4.02. The van der Waals surface area contributed by atoms with Gasteiger partial charge in [0.05, 0.1) is 6.61 Å². The van der Waals surface area contributed by atoms with Crippen LogP contribution >= 0.6 is 7.82 Å². The Morgan fingerprint density at radius 3 is 1.43 bits per heavy atom. The summed E-state index contributed by atoms with van der Waals surface area (Å²) >= 11 is 0. The molecule has 9 heteroatoms. The molecule has 0 aromatic carbocycles. The van der Waals surface area contributed by atoms with E-state index in [1.54, 1.807) is 0 Å². The largest absolute Gasteiger partial charge is 0.469 e. The van der Waals surface area contributed by atoms with Crippen LogP contribution in [-0.2, 0) is 28.2 Å². The lowest BCUT2D eigenvalue weighted by molar-refractivity contribution is -0.161. The van der Waals surface area contributed by atoms with E-state index in [2.05, 4.69) is 42.7 Å². The number of rotatable bonds is 32. The van der Waals surface area contributed by atoms with E-state index in [0.717, 1.165) is 70.6 Å². The minimum Gasteiger partial charge on any atom is -0.462 e. The number of allylic oxidation sites excluding steroid dienone is 4. The van der Waals surface area contributed by atoms with Crippen molar-refractivity contribution >= 4 is 19.8 Å². The summed E-state index contributed by atoms with van der Waals surface area (Å²) in [5.74, 6) is -0.905. The van der Waals surface area contributed by atoms with E-state index in [1.807, 2.05) is 0 Å². The lowest BCUT2D eigenvalue weighted by Gasteiger charge is -2.18. The molecule has 8 nitrogen and oxygen atoms in total. The van der Waals surface area contributed by atoms with Gasteiger partial charge in [0.1, 0.15) is 6.61 Å². The molecule has 0 aliphatic heterocycles. The summed E-state index contributed by atoms with van der Waals surface area (Å²) in [6.07, 6.45) is 33.3. The third-order valence-electron chi connectivity index (χ3n) is 7.44. The number of phosphoric acid groups is 1. The molecule has 0 aromatic rings. The first-order valence-corrected chi connectivity index (χ1v) is 19.2. The van der Waals surface area contributed by atoms with Crippen LogP contribution in [0.15, 0.2) is 24.3 Å². The molecule has 0 fully saturated rings. The van der Waals surface area contributed by atoms with Gasteiger partial charge in [0.25, 0.3) is 0 Å². The number of carbonyl (C=O) groups excluding carboxylic acids is 2. The minimum absolute atomic E-state index is 0.201. The zero-order chi connectivity index (χ0) is 32.6. The molecule has 0 rings (SSSR count). The molecule has 0 heterocycles. The maximum Gasteiger partial charge on any atom is 0.469 e. The fraction of sp³-hybridized carbons (Fsp3) is 0.829. The Hall–Kier alpha value is -1.47. The molecule has 0 spiro atoms. The summed E-state index contributed by atoms with van der Waals surface area (Å²) in [4.78, 5) is 42.5. The molecule has 0 aliphatic rings. The number of esters is 2. The smallest absolute Gasteiger partial charge is 0.462 e. The van der Waals surface area contributed by atoms with E-state index in [0.29, 0.717) is 12.8 Å². The summed E-state index contributed by atoms with van der Waals surface area (Å²) in [6, 6.07) is 0. The van der Waals surface area contributed by atoms with Crippen molar-refractivity contribution in [3.05, 3.63) is 24.3 Å². The molecule has 0 bridgehead atoms. The second kappa shape index (κ2) is 31.5. The van der Waals surface area contributed by atoms with Crippen LogP contribution in [-0.4, -0.2) is 41.0 Å². The van der Waals surface area contributed by atoms with E-state index in [4.69, 9.17) is 19.3 Å². The Labute approximate surface area is 269 Å². The van der Waals surface area contributed by atoms with Crippen LogP contribution in [0.3, 0.4) is 0 Å². The molecule has 2 N–H and O–H groups in total. The number of hydrogen-bond acceptors (Lipinski definition) is 6. The Kier molecular flexibility index (Phi) is 30.5. The van der Waals surface area contributed by atoms with E-state index < -0.39 is 32.5 Å². The molecule has 0 radical (unpaired) electrons. The summed E-state index contributed by atoms with van der Waals surface area (Å²) in [5.41, 5.74) is 0. The predicted molar refractivity (Wildman–Crippen MR) is 179 cm³/mol. The van der Waals surface area contributed by atoms with Gasteiger partial charge in [-0.3, -0.25) is 14.1 Å². The number of hydrogen-bond donors (Lipinski definition) is 2. The van der Waals surface area contributed by atoms with Crippen molar-refractivity contribution in [1.29, 1.82) is 0 Å². The topological polar surface area (TPSA) is 119 Å². The summed E-state index contributed by atoms with van der Waals surface area (Å²) < 4.78 is 26.2. The van der Waals surface area contributed by atoms with Crippen LogP contribution in [0.25, 0.3) is 0 Å². The highest BCUT2D eigenvalue weighted by Gasteiger charge is 2.22. The van der Waals surface area contributed by atoms with Crippen molar-refractivity contribution < 1.29 is 37.9 Å². The van der Waals surface area contributed by atoms with E-state index >= 15 is 0 Å². The summed E-state index contributed by atoms with van der Waals surface area (Å²) in [7, 11) is -4.75. The van der Waals surface area contributed by atoms with Crippen molar-refractivity contribution in [2.45, 2.75) is 174 Å². The summed E-state index contributed by atoms with van der Waals surface area (Å²) in [6.45, 7) is 3.61. The van der Waals surface area contributed by atoms with Gasteiger partial charge in [-0.25, -0.2) is 4.57 Å². The second-order valence-electron chi connectivity index (χ2n) is 11.8. The molecule has 0 aromatic heterocycles. The highest BCUT2D eigenvalue weighted by molar-refractivity contribution is 7.46. The standard InChI is InChI=1S/C35H65O8P/c1-3-5-7-9-11-13-15-17-18-20-21-23-25-27-29-34(36)41-31-33(32-42-44(38,39)40)43-35(37)30-28-26-24-22-19-16-14-12-10-8-6-4-2/h12,14-15,17,33H,3-11,13,16,18-32H2,1-2H3,(H2,38,39,40)/b14-12+,17-15+/t33-/m1/s1. The number of carbonyl (C=O) groups is 2. The Morgan fingerprint density at radius 2 is 0.955 bits per heavy atom. The first kappa shape index (κ1) is 42.5. The maximum atomic E-state index is 12.3. The van der Waals surface area contributed by atoms with Gasteiger partial charge in [0, 0.05) is 12.8 Å². The van der Waals surface area contributed by atoms with Gasteiger partial charge in [-0.1, -0.05) is 115 Å². The maximum absolute atomic E-state index is 12.3. The van der Waals surface area contributed by atoms with Gasteiger partial charge in [0.15, 0.2) is 6.10 Å². The van der Waals surface area contributed by atoms with Gasteiger partial charge in [0.2, 0.25) is 0 Å². The molecular weight excluding hydrogens is 579 g/mol. The zero-order valence-electron chi connectivity index (χ0n) is 28.1. The molecule has 0 aliphatic carbocycles. The van der Waals surface area contributed by atoms with Crippen LogP contribution < -0.4 is 0 Å². The fourth-order valence-electron chi connectivity index (χ4n) is 4.77. The molecule has 0 unspecified atom stereocenters. The van der Waals surface area contributed by atoms with Crippen molar-refractivity contribution in [1.82, 2.24) is 0 Å². The molecule has 0 saturated heterocycles. The highest BCUT2D eigenvalue weighted by atomic mass is 31.2. The quantitative estimate of drug-likeness (QED) is 0.0321. The van der Waals surface area contributed by atoms with E-state index in [1.165, 1.54) is 57.8 Å². The monoisotopic (exact) mass is 644 g/mol. The lowest BCUT2D eigenvalue weighted by atomic mass is 10.1. The van der Waals surface area contributed by atoms with Crippen LogP contribution in [0.5, 0.6) is 0 Å². The second-order valence-corrected chi connectivity index (χ2v) is 13.1. The number of ether oxygens (including phenoxy) is 2. The van der Waals surface area contributed by atoms with Gasteiger partial charge >= 0.3 is 19.8 Å². The van der Waals surface area contributed by atoms with Gasteiger partial charge in [-0.15, -0.1) is 0 Å². The van der Waals surface area contributed by atoms with E-state index in [-0.39, 0.29) is 19.4 Å². The molecule has 1 atom stereocenters. The molecule has 0 amide bonds. The van der Waals surface area contributed by atoms with Gasteiger partial charge in [-0.05, 0) is 64.2 Å². The SMILES string of the molecule is CCCCC/C=C/CCCCCCCC(=O)O[C@H](COC(=O)CCCCCCC/C=C/CCCCCCC)COP(=O)(O)O. The predicted octanol–water partition coefficient (Wildman–Crippen LogP) is 10.1. The van der Waals surface area contributed by atoms with Crippen LogP contribution in [0.4, 0.5) is 0 Å². The summed E-state index contributed by atoms with van der Waals surface area (Å²) in [5, 5.41) is 0. The van der Waals surface area contributed by atoms with Crippen LogP contribution in [0, 0.1) is 0 Å². The van der Waals surface area contributed by atoms with Crippen LogP contribution in [0.2, 0.25) is 0 Å². The minimum atomic E-state index is -4.75. The van der Waals surface area contributed by atoms with Gasteiger partial charge in [-0.2, -0.15) is 0 Å². The van der Waals surface area contributed by atoms with Crippen molar-refractivity contribution in [2.24, 2.45) is 0 Å². The molecule has 44 heavy (non-hydrogen) atoms. The Morgan fingerprint density at radius 1 is 0.568 bits per heavy atom. The third kappa shape index (κ3) is 33.4. The average Bonchev–Trinajstić information content (AvgIpc) is 2.98. The first-order chi connectivity index (χ1) is 21.3. The first-order valence-electron chi connectivity index (χ1n) is 17.6. The van der Waals surface area contributed by atoms with Crippen molar-refractivity contribution in [3.8, 4) is 0 Å². The average molecular weight is 645 g/mol. The third-order valence-corrected chi connectivity index (χ3v) is 7.93. The van der Waals surface area contributed by atoms with E-state index in [9.17, 15) is 14.2 Å². The number of unbranched alkanes of at least 4 members (excludes halogenated alkanes) is 18. The Bertz CT molecular complexity index is 777. The van der Waals surface area contributed by atoms with Crippen molar-refractivity contribution in [2.75, 3.05) is 13.2 Å².